The first kappa shape index (κ1) is 11.9. The quantitative estimate of drug-likeness (QED) is 0.838. The van der Waals surface area contributed by atoms with Crippen molar-refractivity contribution in [2.75, 3.05) is 18.4 Å². The number of benzene rings is 1. The maximum Gasteiger partial charge on any atom is 0.221 e. The Kier molecular flexibility index (Phi) is 3.98. The number of hydrogen-bond acceptors (Lipinski definition) is 3. The molecule has 1 aromatic rings. The standard InChI is InChI=1S/C13H18N2O2/c1-10(16)15-11-4-2-5-12(8-11)17-13-6-3-7-14-9-13/h2,4-5,8,13-14H,3,6-7,9H2,1H3,(H,15,16)/t13-/m0/s1. The van der Waals surface area contributed by atoms with Crippen molar-refractivity contribution in [2.24, 2.45) is 0 Å². The molecule has 0 aliphatic carbocycles. The zero-order chi connectivity index (χ0) is 12.1. The summed E-state index contributed by atoms with van der Waals surface area (Å²) in [4.78, 5) is 11.0. The molecule has 0 radical (unpaired) electrons. The van der Waals surface area contributed by atoms with Gasteiger partial charge in [0.25, 0.3) is 0 Å². The van der Waals surface area contributed by atoms with Crippen molar-refractivity contribution in [3.8, 4) is 5.75 Å². The van der Waals surface area contributed by atoms with Gasteiger partial charge in [-0.25, -0.2) is 0 Å². The molecular formula is C13H18N2O2. The molecule has 17 heavy (non-hydrogen) atoms. The van der Waals surface area contributed by atoms with Gasteiger partial charge in [0.05, 0.1) is 0 Å². The van der Waals surface area contributed by atoms with Crippen LogP contribution in [0.1, 0.15) is 19.8 Å². The summed E-state index contributed by atoms with van der Waals surface area (Å²) in [6.45, 7) is 3.47. The van der Waals surface area contributed by atoms with Crippen LogP contribution in [-0.4, -0.2) is 25.1 Å². The van der Waals surface area contributed by atoms with Crippen LogP contribution in [0.2, 0.25) is 0 Å². The number of carbonyl (C=O) groups is 1. The highest BCUT2D eigenvalue weighted by Gasteiger charge is 2.14. The first-order valence-corrected chi connectivity index (χ1v) is 5.99. The third kappa shape index (κ3) is 3.75. The van der Waals surface area contributed by atoms with E-state index in [1.807, 2.05) is 24.3 Å². The van der Waals surface area contributed by atoms with E-state index in [0.717, 1.165) is 37.4 Å². The van der Waals surface area contributed by atoms with E-state index in [4.69, 9.17) is 4.74 Å². The predicted octanol–water partition coefficient (Wildman–Crippen LogP) is 1.78. The number of hydrogen-bond donors (Lipinski definition) is 2. The molecule has 4 nitrogen and oxygen atoms in total. The van der Waals surface area contributed by atoms with Crippen molar-refractivity contribution in [1.29, 1.82) is 0 Å². The van der Waals surface area contributed by atoms with E-state index in [1.165, 1.54) is 6.92 Å². The lowest BCUT2D eigenvalue weighted by molar-refractivity contribution is -0.114. The average molecular weight is 234 g/mol. The van der Waals surface area contributed by atoms with Gasteiger partial charge >= 0.3 is 0 Å². The molecule has 2 rings (SSSR count). The smallest absolute Gasteiger partial charge is 0.221 e. The lowest BCUT2D eigenvalue weighted by Gasteiger charge is -2.24. The summed E-state index contributed by atoms with van der Waals surface area (Å²) in [5.41, 5.74) is 0.777. The fraction of sp³-hybridized carbons (Fsp3) is 0.462. The molecule has 1 atom stereocenters. The molecule has 1 aliphatic rings. The molecule has 2 N–H and O–H groups in total. The summed E-state index contributed by atoms with van der Waals surface area (Å²) in [6, 6.07) is 7.51. The number of carbonyl (C=O) groups excluding carboxylic acids is 1. The maximum absolute atomic E-state index is 11.0. The Morgan fingerprint density at radius 3 is 3.12 bits per heavy atom. The van der Waals surface area contributed by atoms with E-state index in [9.17, 15) is 4.79 Å². The second-order valence-electron chi connectivity index (χ2n) is 4.30. The number of rotatable bonds is 3. The highest BCUT2D eigenvalue weighted by molar-refractivity contribution is 5.88. The monoisotopic (exact) mass is 234 g/mol. The summed E-state index contributed by atoms with van der Waals surface area (Å²) >= 11 is 0. The summed E-state index contributed by atoms with van der Waals surface area (Å²) in [5.74, 6) is 0.742. The average Bonchev–Trinajstić information content (AvgIpc) is 2.30. The van der Waals surface area contributed by atoms with E-state index in [1.54, 1.807) is 0 Å². The lowest BCUT2D eigenvalue weighted by atomic mass is 10.1. The summed E-state index contributed by atoms with van der Waals surface area (Å²) in [6.07, 6.45) is 2.46. The van der Waals surface area contributed by atoms with Crippen molar-refractivity contribution >= 4 is 11.6 Å². The third-order valence-electron chi connectivity index (χ3n) is 2.71. The number of anilines is 1. The molecule has 0 saturated carbocycles. The third-order valence-corrected chi connectivity index (χ3v) is 2.71. The number of piperidine rings is 1. The van der Waals surface area contributed by atoms with Gasteiger partial charge < -0.3 is 15.4 Å². The van der Waals surface area contributed by atoms with Crippen LogP contribution in [0.4, 0.5) is 5.69 Å². The highest BCUT2D eigenvalue weighted by Crippen LogP contribution is 2.20. The SMILES string of the molecule is CC(=O)Nc1cccc(O[C@H]2CCCNC2)c1. The van der Waals surface area contributed by atoms with Crippen LogP contribution in [0.15, 0.2) is 24.3 Å². The van der Waals surface area contributed by atoms with Gasteiger partial charge in [-0.05, 0) is 31.5 Å². The van der Waals surface area contributed by atoms with Gasteiger partial charge in [0.2, 0.25) is 5.91 Å². The predicted molar refractivity (Wildman–Crippen MR) is 67.3 cm³/mol. The topological polar surface area (TPSA) is 50.4 Å². The number of nitrogens with one attached hydrogen (secondary N) is 2. The van der Waals surface area contributed by atoms with E-state index < -0.39 is 0 Å². The Bertz CT molecular complexity index is 387. The van der Waals surface area contributed by atoms with Gasteiger partial charge in [-0.15, -0.1) is 0 Å². The van der Waals surface area contributed by atoms with Gasteiger partial charge in [0.15, 0.2) is 0 Å². The second kappa shape index (κ2) is 5.68. The molecule has 0 unspecified atom stereocenters. The van der Waals surface area contributed by atoms with Crippen LogP contribution < -0.4 is 15.4 Å². The molecule has 0 aromatic heterocycles. The molecule has 0 spiro atoms. The molecule has 92 valence electrons. The molecule has 1 amide bonds. The molecule has 1 saturated heterocycles. The summed E-state index contributed by atoms with van der Waals surface area (Å²) in [5, 5.41) is 6.06. The molecule has 0 bridgehead atoms. The van der Waals surface area contributed by atoms with Crippen LogP contribution in [0.25, 0.3) is 0 Å². The van der Waals surface area contributed by atoms with Crippen LogP contribution in [0.3, 0.4) is 0 Å². The molecule has 1 aliphatic heterocycles. The minimum Gasteiger partial charge on any atom is -0.489 e. The Morgan fingerprint density at radius 1 is 1.53 bits per heavy atom. The zero-order valence-electron chi connectivity index (χ0n) is 10.0. The minimum atomic E-state index is -0.0681. The van der Waals surface area contributed by atoms with Crippen molar-refractivity contribution in [3.63, 3.8) is 0 Å². The Balaban J connectivity index is 1.97. The van der Waals surface area contributed by atoms with E-state index in [-0.39, 0.29) is 12.0 Å². The molecule has 4 heteroatoms. The minimum absolute atomic E-state index is 0.0681. The Hall–Kier alpha value is -1.55. The van der Waals surface area contributed by atoms with Crippen molar-refractivity contribution < 1.29 is 9.53 Å². The van der Waals surface area contributed by atoms with Gasteiger partial charge in [-0.2, -0.15) is 0 Å². The van der Waals surface area contributed by atoms with Crippen molar-refractivity contribution in [1.82, 2.24) is 5.32 Å². The second-order valence-corrected chi connectivity index (χ2v) is 4.30. The van der Waals surface area contributed by atoms with Crippen molar-refractivity contribution in [3.05, 3.63) is 24.3 Å². The van der Waals surface area contributed by atoms with Crippen LogP contribution in [-0.2, 0) is 4.79 Å². The summed E-state index contributed by atoms with van der Waals surface area (Å²) < 4.78 is 5.86. The summed E-state index contributed by atoms with van der Waals surface area (Å²) in [7, 11) is 0. The van der Waals surface area contributed by atoms with Crippen LogP contribution >= 0.6 is 0 Å². The van der Waals surface area contributed by atoms with Gasteiger partial charge in [-0.1, -0.05) is 6.07 Å². The zero-order valence-corrected chi connectivity index (χ0v) is 10.0. The molecule has 1 fully saturated rings. The van der Waals surface area contributed by atoms with Crippen LogP contribution in [0.5, 0.6) is 5.75 Å². The van der Waals surface area contributed by atoms with E-state index >= 15 is 0 Å². The van der Waals surface area contributed by atoms with Gasteiger partial charge in [-0.3, -0.25) is 4.79 Å². The maximum atomic E-state index is 11.0. The Morgan fingerprint density at radius 2 is 2.41 bits per heavy atom. The molecule has 1 heterocycles. The molecule has 1 aromatic carbocycles. The number of ether oxygens (including phenoxy) is 1. The fourth-order valence-electron chi connectivity index (χ4n) is 1.96. The van der Waals surface area contributed by atoms with Gasteiger partial charge in [0.1, 0.15) is 11.9 Å². The highest BCUT2D eigenvalue weighted by atomic mass is 16.5. The number of amides is 1. The first-order chi connectivity index (χ1) is 8.24. The first-order valence-electron chi connectivity index (χ1n) is 5.99. The molecular weight excluding hydrogens is 216 g/mol. The van der Waals surface area contributed by atoms with Crippen molar-refractivity contribution in [2.45, 2.75) is 25.9 Å². The van der Waals surface area contributed by atoms with Crippen LogP contribution in [0, 0.1) is 0 Å². The van der Waals surface area contributed by atoms with E-state index in [2.05, 4.69) is 10.6 Å². The van der Waals surface area contributed by atoms with E-state index in [0.29, 0.717) is 0 Å². The largest absolute Gasteiger partial charge is 0.489 e. The normalized spacial score (nSPS) is 19.7. The Labute approximate surface area is 101 Å². The fourth-order valence-corrected chi connectivity index (χ4v) is 1.96. The van der Waals surface area contributed by atoms with Gasteiger partial charge in [0, 0.05) is 25.2 Å². The lowest BCUT2D eigenvalue weighted by Crippen LogP contribution is -2.37.